The summed E-state index contributed by atoms with van der Waals surface area (Å²) in [7, 11) is 0. The lowest BCUT2D eigenvalue weighted by atomic mass is 9.83. The molecule has 9 saturated heterocycles. The minimum Gasteiger partial charge on any atom is -0.377 e. The van der Waals surface area contributed by atoms with Gasteiger partial charge in [-0.3, -0.25) is 34.3 Å². The Kier molecular flexibility index (Phi) is 52.0. The van der Waals surface area contributed by atoms with E-state index < -0.39 is 0 Å². The molecule has 0 aromatic heterocycles. The predicted molar refractivity (Wildman–Crippen MR) is 570 cm³/mol. The van der Waals surface area contributed by atoms with Crippen LogP contribution in [0.15, 0.2) is 0 Å². The van der Waals surface area contributed by atoms with Crippen molar-refractivity contribution in [2.24, 2.45) is 56.2 Å². The van der Waals surface area contributed by atoms with E-state index in [0.717, 1.165) is 102 Å². The van der Waals surface area contributed by atoms with Crippen LogP contribution in [0.5, 0.6) is 0 Å². The van der Waals surface area contributed by atoms with Crippen LogP contribution < -0.4 is 0 Å². The number of piperidine rings is 5. The lowest BCUT2D eigenvalue weighted by molar-refractivity contribution is -0.0945. The fourth-order valence-corrected chi connectivity index (χ4v) is 20.7. The van der Waals surface area contributed by atoms with Crippen molar-refractivity contribution >= 4 is 0 Å². The maximum Gasteiger partial charge on any atom is 0.0702 e. The summed E-state index contributed by atoms with van der Waals surface area (Å²) in [6, 6.07) is 0. The van der Waals surface area contributed by atoms with Gasteiger partial charge in [-0.25, -0.2) is 0 Å². The molecule has 9 heterocycles. The fraction of sp³-hybridized carbons (Fsp3) is 1.00. The Morgan fingerprint density at radius 2 is 0.557 bits per heavy atom. The first-order valence-corrected chi connectivity index (χ1v) is 55.4. The third-order valence-corrected chi connectivity index (χ3v) is 29.9. The van der Waals surface area contributed by atoms with Gasteiger partial charge in [-0.05, 0) is 394 Å². The molecular weight excluding hydrogens is 1620 g/mol. The Bertz CT molecular complexity index is 2700. The molecule has 1 unspecified atom stereocenters. The summed E-state index contributed by atoms with van der Waals surface area (Å²) in [6.45, 7) is 128. The van der Waals surface area contributed by atoms with Crippen LogP contribution in [0.4, 0.5) is 0 Å². The van der Waals surface area contributed by atoms with E-state index in [1.165, 1.54) is 306 Å². The largest absolute Gasteiger partial charge is 0.377 e. The first-order chi connectivity index (χ1) is 60.3. The second-order valence-electron chi connectivity index (χ2n) is 56.6. The number of hydrogen-bond acceptors (Lipinski definition) is 17. The van der Waals surface area contributed by atoms with Gasteiger partial charge in [0.25, 0.3) is 0 Å². The zero-order chi connectivity index (χ0) is 98.1. The molecule has 17 nitrogen and oxygen atoms in total. The quantitative estimate of drug-likeness (QED) is 0.0732. The molecule has 0 aromatic carbocycles. The highest BCUT2D eigenvalue weighted by Gasteiger charge is 2.36. The van der Waals surface area contributed by atoms with Crippen LogP contribution in [0, 0.1) is 56.2 Å². The summed E-state index contributed by atoms with van der Waals surface area (Å²) in [5.74, 6) is 3.82. The van der Waals surface area contributed by atoms with Crippen molar-refractivity contribution in [1.82, 2.24) is 63.7 Å². The molecule has 0 N–H and O–H groups in total. The van der Waals surface area contributed by atoms with Crippen molar-refractivity contribution in [1.29, 1.82) is 0 Å². The van der Waals surface area contributed by atoms with E-state index in [-0.39, 0.29) is 11.2 Å². The summed E-state index contributed by atoms with van der Waals surface area (Å²) >= 11 is 0. The molecule has 10 aliphatic rings. The maximum absolute atomic E-state index is 6.15. The first kappa shape index (κ1) is 121. The van der Waals surface area contributed by atoms with Crippen LogP contribution >= 0.6 is 0 Å². The highest BCUT2D eigenvalue weighted by atomic mass is 16.5. The molecule has 0 radical (unpaired) electrons. The van der Waals surface area contributed by atoms with Crippen LogP contribution in [0.2, 0.25) is 0 Å². The van der Waals surface area contributed by atoms with Gasteiger partial charge < -0.3 is 48.3 Å². The van der Waals surface area contributed by atoms with Crippen LogP contribution in [0.3, 0.4) is 0 Å². The molecule has 1 aliphatic carbocycles. The summed E-state index contributed by atoms with van der Waals surface area (Å²) < 4.78 is 24.1. The van der Waals surface area contributed by atoms with Crippen molar-refractivity contribution in [2.75, 3.05) is 242 Å². The third-order valence-electron chi connectivity index (χ3n) is 29.9. The van der Waals surface area contributed by atoms with Crippen LogP contribution in [0.1, 0.15) is 391 Å². The zero-order valence-electron chi connectivity index (χ0n) is 95.2. The highest BCUT2D eigenvalue weighted by molar-refractivity contribution is 4.90. The first-order valence-electron chi connectivity index (χ1n) is 55.4. The van der Waals surface area contributed by atoms with Crippen molar-refractivity contribution in [3.8, 4) is 0 Å². The van der Waals surface area contributed by atoms with E-state index in [9.17, 15) is 0 Å². The molecule has 10 rings (SSSR count). The minimum absolute atomic E-state index is 0.0134. The van der Waals surface area contributed by atoms with E-state index in [2.05, 4.69) is 313 Å². The second kappa shape index (κ2) is 56.4. The van der Waals surface area contributed by atoms with E-state index in [4.69, 9.17) is 18.9 Å². The summed E-state index contributed by atoms with van der Waals surface area (Å²) in [4.78, 5) is 34.4. The van der Waals surface area contributed by atoms with Crippen molar-refractivity contribution < 1.29 is 18.9 Å². The van der Waals surface area contributed by atoms with E-state index in [0.29, 0.717) is 73.0 Å². The predicted octanol–water partition coefficient (Wildman–Crippen LogP) is 23.2. The van der Waals surface area contributed by atoms with Crippen LogP contribution in [0.25, 0.3) is 0 Å². The average molecular weight is 1850 g/mol. The molecule has 1 atom stereocenters. The molecule has 17 heteroatoms. The third kappa shape index (κ3) is 57.9. The van der Waals surface area contributed by atoms with Gasteiger partial charge in [0, 0.05) is 179 Å². The standard InChI is InChI=1S/3C20H41N3.C20H40N2O2.C18H37NO2.C16H33N/c1-19(2,3)9-12-21-13-15-22(16-14-21)17-18-7-10-23(11-8-18)20(4,5)6;1-19(2,3)9-12-21-10-7-18(8-11-21)17-22-13-15-23(16-14-22)20(4,5)6;1-19(2,3)10-7-18-8-11-21(12-9-18)17-22-13-15-23(16-14-22)20(4,5)6;1-19(2,3)22-13-11-21(12-14-22)15-16-23-17-7-9-18(10-8-17)24-20(4,5)6;1-17(2,3)10-14-20-16-9-7-11-19(15-16)12-8-13-21-18(4,5)6;1-15(2,3)10-7-14-8-11-17(12-9-14)13-16(4,5)6/h3*18H,7-17H2,1-6H3;17-18H,7-16H2,1-6H3;16H,7-15H2,1-6H3;14H,7-13H2,1-6H3. The molecule has 131 heavy (non-hydrogen) atoms. The van der Waals surface area contributed by atoms with Gasteiger partial charge in [0.2, 0.25) is 0 Å². The zero-order valence-corrected chi connectivity index (χ0v) is 95.2. The minimum atomic E-state index is -0.0203. The number of nitrogens with zero attached hydrogens (tertiary/aromatic N) is 13. The lowest BCUT2D eigenvalue weighted by Crippen LogP contribution is -2.55. The van der Waals surface area contributed by atoms with E-state index >= 15 is 0 Å². The number of likely N-dealkylation sites (tertiary alicyclic amines) is 5. The van der Waals surface area contributed by atoms with Crippen LogP contribution in [-0.2, 0) is 18.9 Å². The topological polar surface area (TPSA) is 79.0 Å². The molecule has 1 saturated carbocycles. The second-order valence-corrected chi connectivity index (χ2v) is 56.6. The molecule has 0 spiro atoms. The SMILES string of the molecule is CC(C)(C)CCC1CCN(CC(C)(C)C)CC1.CC(C)(C)CCC1CCN(CN2CCN(C(C)(C)C)CC2)CC1.CC(C)(C)CCN1CCC(CN2CCN(C(C)(C)C)CC2)CC1.CC(C)(C)CCN1CCN(CC2CCN(C(C)(C)C)CC2)CC1.CC(C)(C)CCOC1CCCN(CCCOC(C)(C)C)C1.CC(C)(C)OC1CCC(OCCN2CCN(C(C)(C)C)CC2)CC1. The number of hydrogen-bond donors (Lipinski definition) is 0. The molecule has 9 aliphatic heterocycles. The normalized spacial score (nSPS) is 24.1. The smallest absolute Gasteiger partial charge is 0.0702 e. The Morgan fingerprint density at radius 1 is 0.229 bits per heavy atom. The average Bonchev–Trinajstić information content (AvgIpc) is 0.842. The molecule has 0 amide bonds. The van der Waals surface area contributed by atoms with Crippen molar-refractivity contribution in [3.63, 3.8) is 0 Å². The Labute approximate surface area is 818 Å². The van der Waals surface area contributed by atoms with Gasteiger partial charge in [-0.1, -0.05) is 125 Å². The summed E-state index contributed by atoms with van der Waals surface area (Å²) in [6.07, 6.45) is 30.2. The summed E-state index contributed by atoms with van der Waals surface area (Å²) in [5, 5.41) is 0. The lowest BCUT2D eigenvalue weighted by Gasteiger charge is -2.44. The van der Waals surface area contributed by atoms with E-state index in [1.54, 1.807) is 0 Å². The number of piperazine rings is 4. The maximum atomic E-state index is 6.15. The molecule has 0 bridgehead atoms. The molecule has 0 aromatic rings. The molecular formula is C114H233N13O4. The van der Waals surface area contributed by atoms with Crippen LogP contribution in [-0.4, -0.2) is 358 Å². The van der Waals surface area contributed by atoms with Gasteiger partial charge in [0.05, 0.1) is 42.8 Å². The number of ether oxygens (including phenoxy) is 4. The van der Waals surface area contributed by atoms with Gasteiger partial charge >= 0.3 is 0 Å². The molecule has 778 valence electrons. The van der Waals surface area contributed by atoms with Gasteiger partial charge in [0.1, 0.15) is 0 Å². The highest BCUT2D eigenvalue weighted by Crippen LogP contribution is 2.35. The fourth-order valence-electron chi connectivity index (χ4n) is 20.7. The van der Waals surface area contributed by atoms with Crippen molar-refractivity contribution in [2.45, 2.75) is 442 Å². The van der Waals surface area contributed by atoms with Crippen molar-refractivity contribution in [3.05, 3.63) is 0 Å². The monoisotopic (exact) mass is 1850 g/mol. The Morgan fingerprint density at radius 3 is 0.954 bits per heavy atom. The van der Waals surface area contributed by atoms with Gasteiger partial charge in [0.15, 0.2) is 0 Å². The van der Waals surface area contributed by atoms with Gasteiger partial charge in [-0.15, -0.1) is 0 Å². The summed E-state index contributed by atoms with van der Waals surface area (Å²) in [5.41, 5.74) is 4.08. The number of rotatable bonds is 27. The Hall–Kier alpha value is -0.680. The van der Waals surface area contributed by atoms with Gasteiger partial charge in [-0.2, -0.15) is 0 Å². The molecule has 10 fully saturated rings. The van der Waals surface area contributed by atoms with E-state index in [1.807, 2.05) is 0 Å². The Balaban J connectivity index is 0.000000279.